The number of nitrogen functional groups attached to an aromatic ring is 1. The fourth-order valence-corrected chi connectivity index (χ4v) is 2.56. The van der Waals surface area contributed by atoms with Crippen LogP contribution < -0.4 is 5.73 Å². The number of fused-ring (bicyclic) bond motifs is 1. The van der Waals surface area contributed by atoms with E-state index in [1.54, 1.807) is 24.7 Å². The Labute approximate surface area is 132 Å². The molecule has 0 saturated carbocycles. The molecule has 0 amide bonds. The van der Waals surface area contributed by atoms with Crippen LogP contribution in [0.3, 0.4) is 0 Å². The van der Waals surface area contributed by atoms with Crippen molar-refractivity contribution in [2.45, 2.75) is 0 Å². The van der Waals surface area contributed by atoms with Crippen molar-refractivity contribution in [1.29, 1.82) is 0 Å². The number of benzene rings is 2. The minimum absolute atomic E-state index is 0.256. The maximum Gasteiger partial charge on any atom is 0.164 e. The SMILES string of the molecule is Nc1cccc(-n2cnc3cc(-c4ccc(F)cc4)cnc32)c1. The van der Waals surface area contributed by atoms with Gasteiger partial charge in [-0.25, -0.2) is 14.4 Å². The fourth-order valence-electron chi connectivity index (χ4n) is 2.56. The lowest BCUT2D eigenvalue weighted by molar-refractivity contribution is 0.628. The Hall–Kier alpha value is -3.21. The summed E-state index contributed by atoms with van der Waals surface area (Å²) < 4.78 is 14.9. The Kier molecular flexibility index (Phi) is 3.05. The molecule has 0 saturated heterocycles. The molecule has 0 spiro atoms. The lowest BCUT2D eigenvalue weighted by atomic mass is 10.1. The van der Waals surface area contributed by atoms with Crippen LogP contribution in [-0.2, 0) is 0 Å². The minimum atomic E-state index is -0.256. The minimum Gasteiger partial charge on any atom is -0.399 e. The number of rotatable bonds is 2. The summed E-state index contributed by atoms with van der Waals surface area (Å²) in [5.74, 6) is -0.256. The molecule has 23 heavy (non-hydrogen) atoms. The predicted molar refractivity (Wildman–Crippen MR) is 88.7 cm³/mol. The lowest BCUT2D eigenvalue weighted by Gasteiger charge is -2.05. The topological polar surface area (TPSA) is 56.7 Å². The van der Waals surface area contributed by atoms with Crippen LogP contribution >= 0.6 is 0 Å². The molecule has 0 bridgehead atoms. The monoisotopic (exact) mass is 304 g/mol. The number of hydrogen-bond acceptors (Lipinski definition) is 3. The highest BCUT2D eigenvalue weighted by Gasteiger charge is 2.08. The second-order valence-electron chi connectivity index (χ2n) is 5.28. The van der Waals surface area contributed by atoms with E-state index in [-0.39, 0.29) is 5.82 Å². The summed E-state index contributed by atoms with van der Waals surface area (Å²) in [7, 11) is 0. The molecule has 4 aromatic rings. The van der Waals surface area contributed by atoms with E-state index in [4.69, 9.17) is 5.73 Å². The number of anilines is 1. The number of pyridine rings is 1. The van der Waals surface area contributed by atoms with Crippen molar-refractivity contribution >= 4 is 16.9 Å². The van der Waals surface area contributed by atoms with Gasteiger partial charge in [0.15, 0.2) is 5.65 Å². The zero-order chi connectivity index (χ0) is 15.8. The van der Waals surface area contributed by atoms with Crippen LogP contribution in [0.1, 0.15) is 0 Å². The Morgan fingerprint density at radius 3 is 2.52 bits per heavy atom. The van der Waals surface area contributed by atoms with Gasteiger partial charge in [0.2, 0.25) is 0 Å². The first-order chi connectivity index (χ1) is 11.2. The summed E-state index contributed by atoms with van der Waals surface area (Å²) >= 11 is 0. The second kappa shape index (κ2) is 5.21. The first kappa shape index (κ1) is 13.5. The molecule has 0 radical (unpaired) electrons. The van der Waals surface area contributed by atoms with E-state index in [9.17, 15) is 4.39 Å². The predicted octanol–water partition coefficient (Wildman–Crippen LogP) is 3.81. The Morgan fingerprint density at radius 2 is 1.74 bits per heavy atom. The van der Waals surface area contributed by atoms with E-state index in [2.05, 4.69) is 9.97 Å². The van der Waals surface area contributed by atoms with Gasteiger partial charge in [0.05, 0.1) is 5.69 Å². The van der Waals surface area contributed by atoms with Crippen molar-refractivity contribution in [1.82, 2.24) is 14.5 Å². The molecule has 0 unspecified atom stereocenters. The highest BCUT2D eigenvalue weighted by atomic mass is 19.1. The zero-order valence-corrected chi connectivity index (χ0v) is 12.1. The van der Waals surface area contributed by atoms with Gasteiger partial charge in [-0.05, 0) is 42.0 Å². The van der Waals surface area contributed by atoms with Crippen LogP contribution in [0, 0.1) is 5.82 Å². The molecule has 112 valence electrons. The van der Waals surface area contributed by atoms with Gasteiger partial charge in [0.25, 0.3) is 0 Å². The van der Waals surface area contributed by atoms with Crippen molar-refractivity contribution in [3.8, 4) is 16.8 Å². The average molecular weight is 304 g/mol. The Balaban J connectivity index is 1.81. The number of imidazole rings is 1. The summed E-state index contributed by atoms with van der Waals surface area (Å²) in [5, 5.41) is 0. The van der Waals surface area contributed by atoms with Crippen LogP contribution in [-0.4, -0.2) is 14.5 Å². The van der Waals surface area contributed by atoms with Gasteiger partial charge in [0.1, 0.15) is 17.7 Å². The molecule has 2 aromatic heterocycles. The van der Waals surface area contributed by atoms with E-state index in [0.717, 1.165) is 28.0 Å². The summed E-state index contributed by atoms with van der Waals surface area (Å²) in [4.78, 5) is 8.93. The van der Waals surface area contributed by atoms with E-state index in [0.29, 0.717) is 5.69 Å². The number of hydrogen-bond donors (Lipinski definition) is 1. The normalized spacial score (nSPS) is 11.0. The number of nitrogens with zero attached hydrogens (tertiary/aromatic N) is 3. The molecule has 4 nitrogen and oxygen atoms in total. The van der Waals surface area contributed by atoms with Gasteiger partial charge in [0, 0.05) is 17.4 Å². The number of halogens is 1. The van der Waals surface area contributed by atoms with Crippen LogP contribution in [0.2, 0.25) is 0 Å². The molecule has 2 heterocycles. The number of nitrogens with two attached hydrogens (primary N) is 1. The summed E-state index contributed by atoms with van der Waals surface area (Å²) in [6.45, 7) is 0. The smallest absolute Gasteiger partial charge is 0.164 e. The van der Waals surface area contributed by atoms with Crippen molar-refractivity contribution < 1.29 is 4.39 Å². The summed E-state index contributed by atoms with van der Waals surface area (Å²) in [6, 6.07) is 15.8. The molecule has 0 aliphatic rings. The lowest BCUT2D eigenvalue weighted by Crippen LogP contribution is -1.95. The average Bonchev–Trinajstić information content (AvgIpc) is 2.98. The first-order valence-corrected chi connectivity index (χ1v) is 7.16. The van der Waals surface area contributed by atoms with Gasteiger partial charge in [-0.2, -0.15) is 0 Å². The molecular weight excluding hydrogens is 291 g/mol. The quantitative estimate of drug-likeness (QED) is 0.573. The summed E-state index contributed by atoms with van der Waals surface area (Å²) in [5.41, 5.74) is 10.8. The second-order valence-corrected chi connectivity index (χ2v) is 5.28. The van der Waals surface area contributed by atoms with Gasteiger partial charge in [-0.1, -0.05) is 18.2 Å². The zero-order valence-electron chi connectivity index (χ0n) is 12.1. The molecular formula is C18H13FN4. The fraction of sp³-hybridized carbons (Fsp3) is 0. The maximum absolute atomic E-state index is 13.0. The van der Waals surface area contributed by atoms with Gasteiger partial charge < -0.3 is 5.73 Å². The van der Waals surface area contributed by atoms with Crippen LogP contribution in [0.5, 0.6) is 0 Å². The van der Waals surface area contributed by atoms with Gasteiger partial charge >= 0.3 is 0 Å². The van der Waals surface area contributed by atoms with Gasteiger partial charge in [-0.15, -0.1) is 0 Å². The van der Waals surface area contributed by atoms with E-state index >= 15 is 0 Å². The third-order valence-electron chi connectivity index (χ3n) is 3.71. The molecule has 0 fully saturated rings. The van der Waals surface area contributed by atoms with E-state index in [1.165, 1.54) is 12.1 Å². The van der Waals surface area contributed by atoms with E-state index < -0.39 is 0 Å². The molecule has 0 aliphatic carbocycles. The highest BCUT2D eigenvalue weighted by Crippen LogP contribution is 2.24. The van der Waals surface area contributed by atoms with Crippen LogP contribution in [0.15, 0.2) is 67.1 Å². The molecule has 2 N–H and O–H groups in total. The Morgan fingerprint density at radius 1 is 0.913 bits per heavy atom. The highest BCUT2D eigenvalue weighted by molar-refractivity contribution is 5.79. The summed E-state index contributed by atoms with van der Waals surface area (Å²) in [6.07, 6.45) is 3.49. The maximum atomic E-state index is 13.0. The Bertz CT molecular complexity index is 990. The first-order valence-electron chi connectivity index (χ1n) is 7.16. The van der Waals surface area contributed by atoms with Gasteiger partial charge in [-0.3, -0.25) is 4.57 Å². The van der Waals surface area contributed by atoms with Crippen molar-refractivity contribution in [2.24, 2.45) is 0 Å². The standard InChI is InChI=1S/C18H13FN4/c19-14-6-4-12(5-7-14)13-8-17-18(21-10-13)23(11-22-17)16-3-1-2-15(20)9-16/h1-11H,20H2. The van der Waals surface area contributed by atoms with Crippen molar-refractivity contribution in [3.05, 3.63) is 72.9 Å². The third-order valence-corrected chi connectivity index (χ3v) is 3.71. The molecule has 0 atom stereocenters. The molecule has 5 heteroatoms. The molecule has 2 aromatic carbocycles. The third kappa shape index (κ3) is 2.42. The van der Waals surface area contributed by atoms with Crippen molar-refractivity contribution in [3.63, 3.8) is 0 Å². The van der Waals surface area contributed by atoms with Crippen LogP contribution in [0.25, 0.3) is 28.0 Å². The molecule has 0 aliphatic heterocycles. The largest absolute Gasteiger partial charge is 0.399 e. The van der Waals surface area contributed by atoms with Crippen LogP contribution in [0.4, 0.5) is 10.1 Å². The molecule has 4 rings (SSSR count). The van der Waals surface area contributed by atoms with E-state index in [1.807, 2.05) is 34.9 Å². The number of aromatic nitrogens is 3. The van der Waals surface area contributed by atoms with Crippen molar-refractivity contribution in [2.75, 3.05) is 5.73 Å².